The standard InChI is InChI=1S/C13H15NO3/c1-9(15)14-8-4-6-10-11(13(16)17-2)5-3-7-12(10)14/h3,5,7H,4,6,8H2,1-2H3. The van der Waals surface area contributed by atoms with E-state index in [0.29, 0.717) is 12.1 Å². The van der Waals surface area contributed by atoms with Crippen LogP contribution >= 0.6 is 0 Å². The van der Waals surface area contributed by atoms with Crippen molar-refractivity contribution < 1.29 is 14.3 Å². The summed E-state index contributed by atoms with van der Waals surface area (Å²) < 4.78 is 4.76. The van der Waals surface area contributed by atoms with E-state index in [4.69, 9.17) is 4.74 Å². The van der Waals surface area contributed by atoms with E-state index in [1.807, 2.05) is 6.07 Å². The van der Waals surface area contributed by atoms with Crippen molar-refractivity contribution in [3.05, 3.63) is 29.3 Å². The monoisotopic (exact) mass is 233 g/mol. The van der Waals surface area contributed by atoms with E-state index in [2.05, 4.69) is 0 Å². The van der Waals surface area contributed by atoms with Crippen LogP contribution in [-0.4, -0.2) is 25.5 Å². The van der Waals surface area contributed by atoms with Crippen molar-refractivity contribution in [3.63, 3.8) is 0 Å². The lowest BCUT2D eigenvalue weighted by molar-refractivity contribution is -0.116. The number of hydrogen-bond acceptors (Lipinski definition) is 3. The van der Waals surface area contributed by atoms with Crippen LogP contribution in [0.4, 0.5) is 5.69 Å². The first kappa shape index (κ1) is 11.6. The Morgan fingerprint density at radius 3 is 2.76 bits per heavy atom. The Morgan fingerprint density at radius 1 is 1.35 bits per heavy atom. The molecule has 1 amide bonds. The molecule has 0 radical (unpaired) electrons. The van der Waals surface area contributed by atoms with Crippen molar-refractivity contribution in [1.29, 1.82) is 0 Å². The van der Waals surface area contributed by atoms with Gasteiger partial charge in [-0.2, -0.15) is 0 Å². The topological polar surface area (TPSA) is 46.6 Å². The predicted molar refractivity (Wildman–Crippen MR) is 64.1 cm³/mol. The number of hydrogen-bond donors (Lipinski definition) is 0. The minimum absolute atomic E-state index is 0.00738. The molecule has 1 heterocycles. The van der Waals surface area contributed by atoms with E-state index in [1.54, 1.807) is 24.0 Å². The van der Waals surface area contributed by atoms with E-state index in [0.717, 1.165) is 24.1 Å². The van der Waals surface area contributed by atoms with E-state index in [1.165, 1.54) is 7.11 Å². The molecule has 0 N–H and O–H groups in total. The highest BCUT2D eigenvalue weighted by atomic mass is 16.5. The predicted octanol–water partition coefficient (Wildman–Crippen LogP) is 1.77. The summed E-state index contributed by atoms with van der Waals surface area (Å²) in [6.07, 6.45) is 1.69. The third-order valence-electron chi connectivity index (χ3n) is 3.04. The summed E-state index contributed by atoms with van der Waals surface area (Å²) in [5.74, 6) is -0.333. The Labute approximate surface area is 100 Å². The van der Waals surface area contributed by atoms with Crippen molar-refractivity contribution in [1.82, 2.24) is 0 Å². The Bertz CT molecular complexity index is 468. The molecule has 0 aromatic heterocycles. The number of carbonyl (C=O) groups excluding carboxylic acids is 2. The molecule has 4 heteroatoms. The number of nitrogens with zero attached hydrogens (tertiary/aromatic N) is 1. The molecule has 4 nitrogen and oxygen atoms in total. The lowest BCUT2D eigenvalue weighted by Crippen LogP contribution is -2.34. The highest BCUT2D eigenvalue weighted by Crippen LogP contribution is 2.30. The van der Waals surface area contributed by atoms with Crippen LogP contribution in [0.3, 0.4) is 0 Å². The van der Waals surface area contributed by atoms with Crippen molar-refractivity contribution in [2.45, 2.75) is 19.8 Å². The Kier molecular flexibility index (Phi) is 3.13. The van der Waals surface area contributed by atoms with Crippen molar-refractivity contribution >= 4 is 17.6 Å². The molecule has 17 heavy (non-hydrogen) atoms. The zero-order valence-electron chi connectivity index (χ0n) is 10.0. The van der Waals surface area contributed by atoms with Gasteiger partial charge in [0, 0.05) is 19.2 Å². The van der Waals surface area contributed by atoms with E-state index in [-0.39, 0.29) is 11.9 Å². The van der Waals surface area contributed by atoms with Crippen LogP contribution in [0.1, 0.15) is 29.3 Å². The van der Waals surface area contributed by atoms with Crippen molar-refractivity contribution in [3.8, 4) is 0 Å². The van der Waals surface area contributed by atoms with Gasteiger partial charge in [-0.25, -0.2) is 4.79 Å². The molecule has 0 unspecified atom stereocenters. The molecule has 1 aliphatic rings. The first-order valence-corrected chi connectivity index (χ1v) is 5.63. The van der Waals surface area contributed by atoms with Gasteiger partial charge in [-0.15, -0.1) is 0 Å². The maximum absolute atomic E-state index is 11.6. The van der Waals surface area contributed by atoms with Crippen LogP contribution in [0.2, 0.25) is 0 Å². The van der Waals surface area contributed by atoms with Crippen LogP contribution < -0.4 is 4.90 Å². The van der Waals surface area contributed by atoms with E-state index in [9.17, 15) is 9.59 Å². The zero-order valence-corrected chi connectivity index (χ0v) is 10.0. The minimum Gasteiger partial charge on any atom is -0.465 e. The van der Waals surface area contributed by atoms with Gasteiger partial charge >= 0.3 is 5.97 Å². The second-order valence-corrected chi connectivity index (χ2v) is 4.07. The molecule has 0 bridgehead atoms. The maximum Gasteiger partial charge on any atom is 0.338 e. The van der Waals surface area contributed by atoms with Crippen molar-refractivity contribution in [2.24, 2.45) is 0 Å². The van der Waals surface area contributed by atoms with Crippen LogP contribution in [-0.2, 0) is 16.0 Å². The molecular formula is C13H15NO3. The number of rotatable bonds is 1. The molecular weight excluding hydrogens is 218 g/mol. The van der Waals surface area contributed by atoms with Crippen LogP contribution in [0.15, 0.2) is 18.2 Å². The molecule has 90 valence electrons. The number of esters is 1. The van der Waals surface area contributed by atoms with Gasteiger partial charge in [0.1, 0.15) is 0 Å². The number of amides is 1. The highest BCUT2D eigenvalue weighted by Gasteiger charge is 2.24. The Hall–Kier alpha value is -1.84. The van der Waals surface area contributed by atoms with Gasteiger partial charge in [0.25, 0.3) is 0 Å². The van der Waals surface area contributed by atoms with Crippen LogP contribution in [0, 0.1) is 0 Å². The fourth-order valence-electron chi connectivity index (χ4n) is 2.25. The summed E-state index contributed by atoms with van der Waals surface area (Å²) in [6.45, 7) is 2.26. The molecule has 1 aliphatic heterocycles. The quantitative estimate of drug-likeness (QED) is 0.694. The third kappa shape index (κ3) is 2.02. The second-order valence-electron chi connectivity index (χ2n) is 4.07. The van der Waals surface area contributed by atoms with Gasteiger partial charge in [0.15, 0.2) is 0 Å². The smallest absolute Gasteiger partial charge is 0.338 e. The maximum atomic E-state index is 11.6. The lowest BCUT2D eigenvalue weighted by atomic mass is 9.96. The number of anilines is 1. The fraction of sp³-hybridized carbons (Fsp3) is 0.385. The highest BCUT2D eigenvalue weighted by molar-refractivity contribution is 5.97. The van der Waals surface area contributed by atoms with E-state index < -0.39 is 0 Å². The number of benzene rings is 1. The summed E-state index contributed by atoms with van der Waals surface area (Å²) in [5.41, 5.74) is 2.32. The Morgan fingerprint density at radius 2 is 2.12 bits per heavy atom. The van der Waals surface area contributed by atoms with Crippen LogP contribution in [0.5, 0.6) is 0 Å². The number of carbonyl (C=O) groups is 2. The number of ether oxygens (including phenoxy) is 1. The number of fused-ring (bicyclic) bond motifs is 1. The molecule has 2 rings (SSSR count). The van der Waals surface area contributed by atoms with Gasteiger partial charge in [0.2, 0.25) is 5.91 Å². The summed E-state index contributed by atoms with van der Waals surface area (Å²) >= 11 is 0. The summed E-state index contributed by atoms with van der Waals surface area (Å²) in [5, 5.41) is 0. The van der Waals surface area contributed by atoms with Gasteiger partial charge in [-0.3, -0.25) is 4.79 Å². The van der Waals surface area contributed by atoms with Gasteiger partial charge < -0.3 is 9.64 Å². The zero-order chi connectivity index (χ0) is 12.4. The second kappa shape index (κ2) is 4.57. The SMILES string of the molecule is COC(=O)c1cccc2c1CCCN2C(C)=O. The minimum atomic E-state index is -0.341. The largest absolute Gasteiger partial charge is 0.465 e. The summed E-state index contributed by atoms with van der Waals surface area (Å²) in [4.78, 5) is 24.9. The fourth-order valence-corrected chi connectivity index (χ4v) is 2.25. The molecule has 0 saturated carbocycles. The molecule has 1 aromatic rings. The van der Waals surface area contributed by atoms with Crippen molar-refractivity contribution in [2.75, 3.05) is 18.6 Å². The lowest BCUT2D eigenvalue weighted by Gasteiger charge is -2.29. The van der Waals surface area contributed by atoms with Crippen LogP contribution in [0.25, 0.3) is 0 Å². The third-order valence-corrected chi connectivity index (χ3v) is 3.04. The summed E-state index contributed by atoms with van der Waals surface area (Å²) in [7, 11) is 1.37. The molecule has 0 fully saturated rings. The first-order valence-electron chi connectivity index (χ1n) is 5.63. The molecule has 0 saturated heterocycles. The van der Waals surface area contributed by atoms with Gasteiger partial charge in [0.05, 0.1) is 12.7 Å². The first-order chi connectivity index (χ1) is 8.15. The molecule has 0 spiro atoms. The van der Waals surface area contributed by atoms with Gasteiger partial charge in [-0.1, -0.05) is 6.07 Å². The van der Waals surface area contributed by atoms with E-state index >= 15 is 0 Å². The molecule has 0 aliphatic carbocycles. The molecule has 1 aromatic carbocycles. The summed E-state index contributed by atoms with van der Waals surface area (Å²) in [6, 6.07) is 5.41. The number of methoxy groups -OCH3 is 1. The average Bonchev–Trinajstić information content (AvgIpc) is 2.36. The normalized spacial score (nSPS) is 14.1. The van der Waals surface area contributed by atoms with Gasteiger partial charge in [-0.05, 0) is 30.5 Å². The molecule has 0 atom stereocenters. The Balaban J connectivity index is 2.51. The average molecular weight is 233 g/mol.